The third-order valence-corrected chi connectivity index (χ3v) is 4.67. The van der Waals surface area contributed by atoms with Gasteiger partial charge in [0.25, 0.3) is 5.91 Å². The van der Waals surface area contributed by atoms with Crippen LogP contribution in [0.5, 0.6) is 0 Å². The Labute approximate surface area is 163 Å². The maximum atomic E-state index is 12.1. The highest BCUT2D eigenvalue weighted by Gasteiger charge is 2.49. The van der Waals surface area contributed by atoms with Gasteiger partial charge in [-0.05, 0) is 36.1 Å². The van der Waals surface area contributed by atoms with Gasteiger partial charge in [0.15, 0.2) is 0 Å². The molecule has 0 saturated carbocycles. The highest BCUT2D eigenvalue weighted by atomic mass is 16.4. The van der Waals surface area contributed by atoms with Crippen molar-refractivity contribution < 1.29 is 19.5 Å². The molecule has 0 aliphatic carbocycles. The Balaban J connectivity index is 0.000000261. The van der Waals surface area contributed by atoms with E-state index in [2.05, 4.69) is 10.6 Å². The van der Waals surface area contributed by atoms with E-state index < -0.39 is 23.4 Å². The second-order valence-corrected chi connectivity index (χ2v) is 6.95. The number of amides is 3. The zero-order valence-corrected chi connectivity index (χ0v) is 16.1. The molecule has 2 aromatic carbocycles. The summed E-state index contributed by atoms with van der Waals surface area (Å²) in [5.74, 6) is -1.63. The van der Waals surface area contributed by atoms with Crippen LogP contribution in [0, 0.1) is 5.92 Å². The molecule has 3 rings (SSSR count). The predicted molar refractivity (Wildman–Crippen MR) is 106 cm³/mol. The molecule has 1 aliphatic rings. The van der Waals surface area contributed by atoms with E-state index >= 15 is 0 Å². The Morgan fingerprint density at radius 2 is 1.57 bits per heavy atom. The van der Waals surface area contributed by atoms with Crippen molar-refractivity contribution in [1.82, 2.24) is 10.6 Å². The Bertz CT molecular complexity index is 848. The molecule has 2 aromatic rings. The monoisotopic (exact) mass is 383 g/mol. The third kappa shape index (κ3) is 4.37. The summed E-state index contributed by atoms with van der Waals surface area (Å²) < 4.78 is 0. The number of benzene rings is 2. The molecule has 0 aromatic heterocycles. The predicted octanol–water partition coefficient (Wildman–Crippen LogP) is 2.78. The van der Waals surface area contributed by atoms with Crippen molar-refractivity contribution in [2.24, 2.45) is 11.7 Å². The average molecular weight is 383 g/mol. The zero-order chi connectivity index (χ0) is 20.9. The fraction of sp³-hybridized carbons (Fsp3) is 0.286. The number of aromatic carboxylic acids is 1. The number of carboxylic acids is 1. The molecule has 1 saturated heterocycles. The standard InChI is InChI=1S/C13H14N2O4.C8H11N/c1-7(2)13(11(18)14-12(19)15-13)9-5-3-8(4-6-9)10(16)17;1-7(9)8-5-3-2-4-6-8/h3-7H,1-2H3,(H,16,17)(H2,14,15,18,19);2-7H,9H2,1H3/t13-;7-/m11/s1. The van der Waals surface area contributed by atoms with E-state index in [0.29, 0.717) is 5.56 Å². The average Bonchev–Trinajstić information content (AvgIpc) is 2.98. The Kier molecular flexibility index (Phi) is 6.53. The van der Waals surface area contributed by atoms with Gasteiger partial charge in [-0.25, -0.2) is 9.59 Å². The van der Waals surface area contributed by atoms with Crippen LogP contribution in [0.3, 0.4) is 0 Å². The lowest BCUT2D eigenvalue weighted by atomic mass is 9.79. The van der Waals surface area contributed by atoms with Crippen LogP contribution in [0.25, 0.3) is 0 Å². The third-order valence-electron chi connectivity index (χ3n) is 4.67. The van der Waals surface area contributed by atoms with Crippen LogP contribution in [0.1, 0.15) is 48.3 Å². The summed E-state index contributed by atoms with van der Waals surface area (Å²) in [7, 11) is 0. The number of carbonyl (C=O) groups excluding carboxylic acids is 2. The molecular formula is C21H25N3O4. The number of urea groups is 1. The minimum atomic E-state index is -1.14. The van der Waals surface area contributed by atoms with Crippen molar-refractivity contribution >= 4 is 17.9 Å². The van der Waals surface area contributed by atoms with E-state index in [1.54, 1.807) is 12.1 Å². The van der Waals surface area contributed by atoms with Gasteiger partial charge in [-0.1, -0.05) is 56.3 Å². The summed E-state index contributed by atoms with van der Waals surface area (Å²) >= 11 is 0. The number of hydrogen-bond donors (Lipinski definition) is 4. The highest BCUT2D eigenvalue weighted by Crippen LogP contribution is 2.32. The molecule has 5 N–H and O–H groups in total. The van der Waals surface area contributed by atoms with Gasteiger partial charge in [-0.3, -0.25) is 10.1 Å². The normalized spacial score (nSPS) is 19.3. The molecule has 7 heteroatoms. The number of nitrogens with two attached hydrogens (primary N) is 1. The molecule has 3 amide bonds. The first-order valence-corrected chi connectivity index (χ1v) is 8.96. The van der Waals surface area contributed by atoms with Crippen molar-refractivity contribution in [3.8, 4) is 0 Å². The van der Waals surface area contributed by atoms with Crippen LogP contribution in [0.2, 0.25) is 0 Å². The van der Waals surface area contributed by atoms with Gasteiger partial charge in [0.1, 0.15) is 5.54 Å². The fourth-order valence-electron chi connectivity index (χ4n) is 3.04. The van der Waals surface area contributed by atoms with Crippen LogP contribution in [0.4, 0.5) is 4.79 Å². The zero-order valence-electron chi connectivity index (χ0n) is 16.1. The van der Waals surface area contributed by atoms with Crippen LogP contribution in [-0.2, 0) is 10.3 Å². The maximum Gasteiger partial charge on any atom is 0.335 e. The smallest absolute Gasteiger partial charge is 0.335 e. The number of nitrogens with one attached hydrogen (secondary N) is 2. The molecule has 1 aliphatic heterocycles. The van der Waals surface area contributed by atoms with Crippen molar-refractivity contribution in [2.75, 3.05) is 0 Å². The van der Waals surface area contributed by atoms with Gasteiger partial charge in [-0.2, -0.15) is 0 Å². The molecule has 1 fully saturated rings. The molecule has 7 nitrogen and oxygen atoms in total. The lowest BCUT2D eigenvalue weighted by Crippen LogP contribution is -2.48. The van der Waals surface area contributed by atoms with Crippen molar-refractivity contribution in [2.45, 2.75) is 32.4 Å². The summed E-state index contributed by atoms with van der Waals surface area (Å²) in [6.07, 6.45) is 0. The highest BCUT2D eigenvalue weighted by molar-refractivity contribution is 6.07. The molecule has 2 atom stereocenters. The minimum Gasteiger partial charge on any atom is -0.478 e. The second-order valence-electron chi connectivity index (χ2n) is 6.95. The van der Waals surface area contributed by atoms with Crippen molar-refractivity contribution in [3.05, 3.63) is 71.3 Å². The van der Waals surface area contributed by atoms with E-state index in [0.717, 1.165) is 0 Å². The number of carbonyl (C=O) groups is 3. The summed E-state index contributed by atoms with van der Waals surface area (Å²) in [6.45, 7) is 5.61. The number of carboxylic acid groups (broad SMARTS) is 1. The number of rotatable bonds is 4. The summed E-state index contributed by atoms with van der Waals surface area (Å²) in [6, 6.07) is 15.6. The molecule has 28 heavy (non-hydrogen) atoms. The van der Waals surface area contributed by atoms with E-state index in [1.807, 2.05) is 51.1 Å². The molecule has 0 unspecified atom stereocenters. The lowest BCUT2D eigenvalue weighted by Gasteiger charge is -2.30. The van der Waals surface area contributed by atoms with Gasteiger partial charge >= 0.3 is 12.0 Å². The number of hydrogen-bond acceptors (Lipinski definition) is 4. The lowest BCUT2D eigenvalue weighted by molar-refractivity contribution is -0.125. The first-order valence-electron chi connectivity index (χ1n) is 8.96. The van der Waals surface area contributed by atoms with Crippen molar-refractivity contribution in [1.29, 1.82) is 0 Å². The van der Waals surface area contributed by atoms with Crippen LogP contribution in [-0.4, -0.2) is 23.0 Å². The Morgan fingerprint density at radius 1 is 1.00 bits per heavy atom. The van der Waals surface area contributed by atoms with Crippen LogP contribution in [0.15, 0.2) is 54.6 Å². The molecule has 148 valence electrons. The second kappa shape index (κ2) is 8.67. The molecule has 0 bridgehead atoms. The molecule has 0 radical (unpaired) electrons. The quantitative estimate of drug-likeness (QED) is 0.605. The molecule has 0 spiro atoms. The first-order chi connectivity index (χ1) is 13.2. The molecule has 1 heterocycles. The SMILES string of the molecule is CC(C)[C@]1(c2ccc(C(=O)O)cc2)NC(=O)NC1=O.C[C@@H](N)c1ccccc1. The molecular weight excluding hydrogens is 358 g/mol. The van der Waals surface area contributed by atoms with Gasteiger partial charge in [0.2, 0.25) is 0 Å². The van der Waals surface area contributed by atoms with E-state index in [4.69, 9.17) is 10.8 Å². The van der Waals surface area contributed by atoms with E-state index in [-0.39, 0.29) is 17.5 Å². The number of imide groups is 1. The van der Waals surface area contributed by atoms with Crippen LogP contribution < -0.4 is 16.4 Å². The largest absolute Gasteiger partial charge is 0.478 e. The minimum absolute atomic E-state index is 0.132. The summed E-state index contributed by atoms with van der Waals surface area (Å²) in [5, 5.41) is 13.7. The first kappa shape index (κ1) is 21.1. The van der Waals surface area contributed by atoms with Gasteiger partial charge in [0, 0.05) is 6.04 Å². The Morgan fingerprint density at radius 3 is 1.93 bits per heavy atom. The summed E-state index contributed by atoms with van der Waals surface area (Å²) in [4.78, 5) is 34.3. The van der Waals surface area contributed by atoms with Crippen LogP contribution >= 0.6 is 0 Å². The van der Waals surface area contributed by atoms with E-state index in [1.165, 1.54) is 17.7 Å². The van der Waals surface area contributed by atoms with Gasteiger partial charge in [-0.15, -0.1) is 0 Å². The van der Waals surface area contributed by atoms with E-state index in [9.17, 15) is 14.4 Å². The maximum absolute atomic E-state index is 12.1. The van der Waals surface area contributed by atoms with Crippen molar-refractivity contribution in [3.63, 3.8) is 0 Å². The Hall–Kier alpha value is -3.19. The van der Waals surface area contributed by atoms with Gasteiger partial charge in [0.05, 0.1) is 5.56 Å². The fourth-order valence-corrected chi connectivity index (χ4v) is 3.04. The van der Waals surface area contributed by atoms with Gasteiger partial charge < -0.3 is 16.2 Å². The topological polar surface area (TPSA) is 122 Å². The summed E-state index contributed by atoms with van der Waals surface area (Å²) in [5.41, 5.74) is 6.36.